The lowest BCUT2D eigenvalue weighted by atomic mass is 10.2. The zero-order valence-electron chi connectivity index (χ0n) is 10.3. The van der Waals surface area contributed by atoms with Crippen LogP contribution >= 0.6 is 27.5 Å². The van der Waals surface area contributed by atoms with Gasteiger partial charge in [0.25, 0.3) is 0 Å². The Morgan fingerprint density at radius 2 is 1.90 bits per heavy atom. The second-order valence-electron chi connectivity index (χ2n) is 4.11. The van der Waals surface area contributed by atoms with E-state index in [9.17, 15) is 8.42 Å². The molecule has 4 nitrogen and oxygen atoms in total. The summed E-state index contributed by atoms with van der Waals surface area (Å²) in [5.74, 6) is 0. The van der Waals surface area contributed by atoms with Crippen LogP contribution in [0.15, 0.2) is 51.8 Å². The van der Waals surface area contributed by atoms with Crippen LogP contribution in [0.25, 0.3) is 0 Å². The molecule has 0 bridgehead atoms. The van der Waals surface area contributed by atoms with Gasteiger partial charge >= 0.3 is 0 Å². The molecule has 0 spiro atoms. The number of benzene rings is 2. The molecule has 2 aromatic carbocycles. The van der Waals surface area contributed by atoms with Crippen molar-refractivity contribution in [2.45, 2.75) is 11.4 Å². The van der Waals surface area contributed by atoms with Crippen LogP contribution in [-0.2, 0) is 16.6 Å². The predicted octanol–water partition coefficient (Wildman–Crippen LogP) is 3.16. The molecule has 0 amide bonds. The van der Waals surface area contributed by atoms with E-state index in [-0.39, 0.29) is 16.5 Å². The van der Waals surface area contributed by atoms with E-state index in [1.54, 1.807) is 0 Å². The molecular weight excluding hydrogens is 364 g/mol. The first-order valence-corrected chi connectivity index (χ1v) is 8.33. The molecule has 0 atom stereocenters. The lowest BCUT2D eigenvalue weighted by Gasteiger charge is -2.10. The smallest absolute Gasteiger partial charge is 0.242 e. The monoisotopic (exact) mass is 374 g/mol. The molecule has 0 saturated heterocycles. The highest BCUT2D eigenvalue weighted by atomic mass is 79.9. The Bertz CT molecular complexity index is 735. The summed E-state index contributed by atoms with van der Waals surface area (Å²) in [5.41, 5.74) is 6.80. The summed E-state index contributed by atoms with van der Waals surface area (Å²) in [4.78, 5) is 0.0143. The molecule has 2 rings (SSSR count). The summed E-state index contributed by atoms with van der Waals surface area (Å²) in [7, 11) is -3.68. The molecule has 0 aliphatic heterocycles. The van der Waals surface area contributed by atoms with Gasteiger partial charge in [0.05, 0.1) is 5.02 Å². The Labute approximate surface area is 131 Å². The number of nitrogen functional groups attached to an aromatic ring is 1. The lowest BCUT2D eigenvalue weighted by molar-refractivity contribution is 0.581. The minimum Gasteiger partial charge on any atom is -0.399 e. The fourth-order valence-corrected chi connectivity index (χ4v) is 3.61. The molecule has 0 saturated carbocycles. The van der Waals surface area contributed by atoms with E-state index < -0.39 is 10.0 Å². The van der Waals surface area contributed by atoms with Crippen molar-refractivity contribution < 1.29 is 8.42 Å². The number of nitrogens with two attached hydrogens (primary N) is 1. The summed E-state index contributed by atoms with van der Waals surface area (Å²) < 4.78 is 27.7. The molecule has 2 aromatic rings. The van der Waals surface area contributed by atoms with Gasteiger partial charge in [0.1, 0.15) is 4.90 Å². The van der Waals surface area contributed by atoms with Crippen LogP contribution in [0, 0.1) is 0 Å². The van der Waals surface area contributed by atoms with Crippen molar-refractivity contribution in [3.05, 3.63) is 57.5 Å². The Morgan fingerprint density at radius 1 is 1.20 bits per heavy atom. The van der Waals surface area contributed by atoms with Gasteiger partial charge in [0.2, 0.25) is 10.0 Å². The van der Waals surface area contributed by atoms with Crippen LogP contribution < -0.4 is 10.5 Å². The molecule has 0 aliphatic rings. The first-order chi connectivity index (χ1) is 9.40. The molecule has 7 heteroatoms. The van der Waals surface area contributed by atoms with Crippen LogP contribution in [0.3, 0.4) is 0 Å². The van der Waals surface area contributed by atoms with Crippen LogP contribution in [0.1, 0.15) is 5.56 Å². The van der Waals surface area contributed by atoms with Crippen molar-refractivity contribution in [2.75, 3.05) is 5.73 Å². The van der Waals surface area contributed by atoms with Crippen LogP contribution in [-0.4, -0.2) is 8.42 Å². The first kappa shape index (κ1) is 15.3. The molecule has 3 N–H and O–H groups in total. The van der Waals surface area contributed by atoms with E-state index in [0.717, 1.165) is 10.0 Å². The van der Waals surface area contributed by atoms with Gasteiger partial charge in [-0.2, -0.15) is 0 Å². The minimum absolute atomic E-state index is 0.0143. The first-order valence-electron chi connectivity index (χ1n) is 5.68. The van der Waals surface area contributed by atoms with E-state index in [0.29, 0.717) is 5.69 Å². The van der Waals surface area contributed by atoms with Gasteiger partial charge in [-0.3, -0.25) is 0 Å². The van der Waals surface area contributed by atoms with Gasteiger partial charge < -0.3 is 5.73 Å². The standard InChI is InChI=1S/C13H12BrClN2O2S/c14-11-4-2-1-3-9(11)8-17-20(18,19)13-6-5-10(16)7-12(13)15/h1-7,17H,8,16H2. The van der Waals surface area contributed by atoms with E-state index in [1.807, 2.05) is 24.3 Å². The minimum atomic E-state index is -3.68. The lowest BCUT2D eigenvalue weighted by Crippen LogP contribution is -2.23. The van der Waals surface area contributed by atoms with Gasteiger partial charge in [-0.1, -0.05) is 45.7 Å². The van der Waals surface area contributed by atoms with Gasteiger partial charge in [-0.05, 0) is 29.8 Å². The average molecular weight is 376 g/mol. The topological polar surface area (TPSA) is 72.2 Å². The third-order valence-electron chi connectivity index (χ3n) is 2.66. The Morgan fingerprint density at radius 3 is 2.55 bits per heavy atom. The highest BCUT2D eigenvalue weighted by Gasteiger charge is 2.17. The zero-order chi connectivity index (χ0) is 14.8. The fraction of sp³-hybridized carbons (Fsp3) is 0.0769. The number of anilines is 1. The average Bonchev–Trinajstić information content (AvgIpc) is 2.37. The molecule has 106 valence electrons. The third kappa shape index (κ3) is 3.52. The SMILES string of the molecule is Nc1ccc(S(=O)(=O)NCc2ccccc2Br)c(Cl)c1. The zero-order valence-corrected chi connectivity index (χ0v) is 13.5. The normalized spacial score (nSPS) is 11.5. The highest BCUT2D eigenvalue weighted by molar-refractivity contribution is 9.10. The summed E-state index contributed by atoms with van der Waals surface area (Å²) in [6.45, 7) is 0.171. The summed E-state index contributed by atoms with van der Waals surface area (Å²) in [6, 6.07) is 11.7. The summed E-state index contributed by atoms with van der Waals surface area (Å²) in [6.07, 6.45) is 0. The van der Waals surface area contributed by atoms with Crippen LogP contribution in [0.2, 0.25) is 5.02 Å². The Kier molecular flexibility index (Phi) is 4.70. The summed E-state index contributed by atoms with van der Waals surface area (Å²) >= 11 is 9.29. The second kappa shape index (κ2) is 6.13. The molecule has 0 radical (unpaired) electrons. The number of halogens is 2. The summed E-state index contributed by atoms with van der Waals surface area (Å²) in [5, 5.41) is 0.102. The maximum absolute atomic E-state index is 12.2. The van der Waals surface area contributed by atoms with Crippen molar-refractivity contribution in [3.8, 4) is 0 Å². The number of sulfonamides is 1. The highest BCUT2D eigenvalue weighted by Crippen LogP contribution is 2.24. The molecule has 0 heterocycles. The Balaban J connectivity index is 2.22. The van der Waals surface area contributed by atoms with Gasteiger partial charge in [-0.15, -0.1) is 0 Å². The van der Waals surface area contributed by atoms with Crippen molar-refractivity contribution in [2.24, 2.45) is 0 Å². The number of rotatable bonds is 4. The van der Waals surface area contributed by atoms with Crippen molar-refractivity contribution >= 4 is 43.2 Å². The molecular formula is C13H12BrClN2O2S. The number of hydrogen-bond donors (Lipinski definition) is 2. The molecule has 0 aliphatic carbocycles. The van der Waals surface area contributed by atoms with Gasteiger partial charge in [-0.25, -0.2) is 13.1 Å². The second-order valence-corrected chi connectivity index (χ2v) is 7.10. The van der Waals surface area contributed by atoms with Crippen molar-refractivity contribution in [3.63, 3.8) is 0 Å². The van der Waals surface area contributed by atoms with Gasteiger partial charge in [0, 0.05) is 16.7 Å². The molecule has 0 unspecified atom stereocenters. The number of nitrogens with one attached hydrogen (secondary N) is 1. The number of hydrogen-bond acceptors (Lipinski definition) is 3. The maximum Gasteiger partial charge on any atom is 0.242 e. The third-order valence-corrected chi connectivity index (χ3v) is 5.31. The van der Waals surface area contributed by atoms with Crippen LogP contribution in [0.4, 0.5) is 5.69 Å². The molecule has 20 heavy (non-hydrogen) atoms. The van der Waals surface area contributed by atoms with Crippen LogP contribution in [0.5, 0.6) is 0 Å². The van der Waals surface area contributed by atoms with E-state index in [4.69, 9.17) is 17.3 Å². The largest absolute Gasteiger partial charge is 0.399 e. The van der Waals surface area contributed by atoms with E-state index in [1.165, 1.54) is 18.2 Å². The maximum atomic E-state index is 12.2. The predicted molar refractivity (Wildman–Crippen MR) is 84.0 cm³/mol. The molecule has 0 fully saturated rings. The van der Waals surface area contributed by atoms with Crippen molar-refractivity contribution in [1.82, 2.24) is 4.72 Å². The van der Waals surface area contributed by atoms with Crippen molar-refractivity contribution in [1.29, 1.82) is 0 Å². The fourth-order valence-electron chi connectivity index (χ4n) is 1.63. The van der Waals surface area contributed by atoms with Gasteiger partial charge in [0.15, 0.2) is 0 Å². The quantitative estimate of drug-likeness (QED) is 0.806. The molecule has 0 aromatic heterocycles. The van der Waals surface area contributed by atoms with E-state index in [2.05, 4.69) is 20.7 Å². The Hall–Kier alpha value is -1.08. The van der Waals surface area contributed by atoms with E-state index >= 15 is 0 Å².